The lowest BCUT2D eigenvalue weighted by molar-refractivity contribution is 1.28. The van der Waals surface area contributed by atoms with Crippen LogP contribution in [-0.4, -0.2) is 0 Å². The smallest absolute Gasteiger partial charge is 0.0457 e. The topological polar surface area (TPSA) is 12.0 Å². The van der Waals surface area contributed by atoms with Gasteiger partial charge in [0.05, 0.1) is 0 Å². The van der Waals surface area contributed by atoms with Gasteiger partial charge < -0.3 is 5.32 Å². The molecule has 13 heavy (non-hydrogen) atoms. The number of anilines is 1. The monoisotopic (exact) mass is 171 g/mol. The van der Waals surface area contributed by atoms with Gasteiger partial charge in [-0.25, -0.2) is 0 Å². The maximum atomic E-state index is 3.39. The summed E-state index contributed by atoms with van der Waals surface area (Å²) in [6.45, 7) is 4.22. The maximum absolute atomic E-state index is 3.39. The molecular weight excluding hydrogens is 158 g/mol. The highest BCUT2D eigenvalue weighted by Crippen LogP contribution is 2.24. The third-order valence-corrected chi connectivity index (χ3v) is 2.20. The van der Waals surface area contributed by atoms with Gasteiger partial charge in [0.2, 0.25) is 0 Å². The molecule has 0 bridgehead atoms. The van der Waals surface area contributed by atoms with E-state index in [9.17, 15) is 0 Å². The molecule has 0 saturated carbocycles. The molecular formula is C12H13N. The lowest BCUT2D eigenvalue weighted by atomic mass is 10.1. The quantitative estimate of drug-likeness (QED) is 0.630. The first kappa shape index (κ1) is 8.11. The predicted molar refractivity (Wildman–Crippen MR) is 57.5 cm³/mol. The van der Waals surface area contributed by atoms with E-state index in [0.717, 1.165) is 0 Å². The Labute approximate surface area is 78.8 Å². The van der Waals surface area contributed by atoms with E-state index in [4.69, 9.17) is 0 Å². The molecule has 0 atom stereocenters. The molecule has 1 aliphatic heterocycles. The van der Waals surface area contributed by atoms with Crippen molar-refractivity contribution >= 4 is 11.8 Å². The van der Waals surface area contributed by atoms with E-state index in [0.29, 0.717) is 0 Å². The van der Waals surface area contributed by atoms with Crippen molar-refractivity contribution in [1.82, 2.24) is 0 Å². The lowest BCUT2D eigenvalue weighted by Crippen LogP contribution is -2.03. The minimum Gasteiger partial charge on any atom is -0.355 e. The van der Waals surface area contributed by atoms with Crippen molar-refractivity contribution in [3.05, 3.63) is 47.2 Å². The van der Waals surface area contributed by atoms with Gasteiger partial charge in [-0.2, -0.15) is 0 Å². The standard InChI is InChI=1S/C12H13N/c1-9(2)11-8-7-10-5-3-4-6-12(10)13-11/h3-8,13H,1-2H3. The van der Waals surface area contributed by atoms with Crippen LogP contribution < -0.4 is 5.32 Å². The molecule has 1 N–H and O–H groups in total. The molecule has 0 saturated heterocycles. The van der Waals surface area contributed by atoms with Gasteiger partial charge in [0.1, 0.15) is 0 Å². The van der Waals surface area contributed by atoms with Crippen molar-refractivity contribution in [2.75, 3.05) is 5.32 Å². The Balaban J connectivity index is 2.46. The zero-order valence-corrected chi connectivity index (χ0v) is 7.96. The third-order valence-electron chi connectivity index (χ3n) is 2.20. The summed E-state index contributed by atoms with van der Waals surface area (Å²) in [6, 6.07) is 8.31. The average molecular weight is 171 g/mol. The van der Waals surface area contributed by atoms with Crippen LogP contribution in [0.3, 0.4) is 0 Å². The second-order valence-electron chi connectivity index (χ2n) is 3.46. The lowest BCUT2D eigenvalue weighted by Gasteiger charge is -2.16. The molecule has 1 aromatic carbocycles. The zero-order chi connectivity index (χ0) is 9.26. The minimum absolute atomic E-state index is 1.20. The number of nitrogens with one attached hydrogen (secondary N) is 1. The summed E-state index contributed by atoms with van der Waals surface area (Å²) >= 11 is 0. The molecule has 1 aliphatic rings. The Hall–Kier alpha value is -1.50. The first-order valence-electron chi connectivity index (χ1n) is 4.49. The van der Waals surface area contributed by atoms with Crippen LogP contribution in [0.2, 0.25) is 0 Å². The van der Waals surface area contributed by atoms with Crippen LogP contribution in [0.5, 0.6) is 0 Å². The highest BCUT2D eigenvalue weighted by molar-refractivity contribution is 5.74. The Morgan fingerprint density at radius 2 is 1.85 bits per heavy atom. The molecule has 2 rings (SSSR count). The predicted octanol–water partition coefficient (Wildman–Crippen LogP) is 3.42. The van der Waals surface area contributed by atoms with E-state index >= 15 is 0 Å². The van der Waals surface area contributed by atoms with Crippen molar-refractivity contribution in [3.63, 3.8) is 0 Å². The van der Waals surface area contributed by atoms with Crippen LogP contribution in [0.1, 0.15) is 19.4 Å². The number of para-hydroxylation sites is 1. The summed E-state index contributed by atoms with van der Waals surface area (Å²) in [5.74, 6) is 0. The van der Waals surface area contributed by atoms with Crippen molar-refractivity contribution in [3.8, 4) is 0 Å². The van der Waals surface area contributed by atoms with Gasteiger partial charge in [0.25, 0.3) is 0 Å². The van der Waals surface area contributed by atoms with Gasteiger partial charge in [-0.05, 0) is 31.6 Å². The molecule has 0 aliphatic carbocycles. The van der Waals surface area contributed by atoms with E-state index in [1.165, 1.54) is 22.5 Å². The van der Waals surface area contributed by atoms with Crippen LogP contribution in [0.15, 0.2) is 41.6 Å². The molecule has 0 amide bonds. The van der Waals surface area contributed by atoms with E-state index in [1.807, 2.05) is 6.07 Å². The molecule has 1 heteroatoms. The molecule has 0 unspecified atom stereocenters. The van der Waals surface area contributed by atoms with Crippen LogP contribution in [-0.2, 0) is 0 Å². The molecule has 0 radical (unpaired) electrons. The van der Waals surface area contributed by atoms with E-state index in [1.54, 1.807) is 0 Å². The second kappa shape index (κ2) is 3.09. The number of hydrogen-bond donors (Lipinski definition) is 1. The normalized spacial score (nSPS) is 13.5. The molecule has 1 aromatic rings. The van der Waals surface area contributed by atoms with Crippen LogP contribution in [0.4, 0.5) is 5.69 Å². The third kappa shape index (κ3) is 1.50. The maximum Gasteiger partial charge on any atom is 0.0457 e. The molecule has 1 heterocycles. The van der Waals surface area contributed by atoms with E-state index in [-0.39, 0.29) is 0 Å². The fourth-order valence-electron chi connectivity index (χ4n) is 1.41. The number of allylic oxidation sites excluding steroid dienone is 2. The Morgan fingerprint density at radius 1 is 1.08 bits per heavy atom. The highest BCUT2D eigenvalue weighted by atomic mass is 14.9. The number of benzene rings is 1. The van der Waals surface area contributed by atoms with Gasteiger partial charge in [-0.1, -0.05) is 29.8 Å². The summed E-state index contributed by atoms with van der Waals surface area (Å²) in [6.07, 6.45) is 4.27. The van der Waals surface area contributed by atoms with Gasteiger partial charge in [-0.3, -0.25) is 0 Å². The Morgan fingerprint density at radius 3 is 2.62 bits per heavy atom. The van der Waals surface area contributed by atoms with Crippen molar-refractivity contribution in [2.24, 2.45) is 0 Å². The van der Waals surface area contributed by atoms with Crippen molar-refractivity contribution < 1.29 is 0 Å². The second-order valence-corrected chi connectivity index (χ2v) is 3.46. The first-order chi connectivity index (χ1) is 6.27. The van der Waals surface area contributed by atoms with Gasteiger partial charge in [0, 0.05) is 11.4 Å². The van der Waals surface area contributed by atoms with Crippen molar-refractivity contribution in [2.45, 2.75) is 13.8 Å². The van der Waals surface area contributed by atoms with Crippen molar-refractivity contribution in [1.29, 1.82) is 0 Å². The fourth-order valence-corrected chi connectivity index (χ4v) is 1.41. The van der Waals surface area contributed by atoms with Crippen LogP contribution in [0, 0.1) is 0 Å². The van der Waals surface area contributed by atoms with Gasteiger partial charge in [-0.15, -0.1) is 0 Å². The van der Waals surface area contributed by atoms with Crippen LogP contribution >= 0.6 is 0 Å². The molecule has 0 aromatic heterocycles. The summed E-state index contributed by atoms with van der Waals surface area (Å²) in [5.41, 5.74) is 4.97. The largest absolute Gasteiger partial charge is 0.355 e. The minimum atomic E-state index is 1.20. The number of fused-ring (bicyclic) bond motifs is 1. The Kier molecular flexibility index (Phi) is 1.93. The van der Waals surface area contributed by atoms with Crippen LogP contribution in [0.25, 0.3) is 6.08 Å². The van der Waals surface area contributed by atoms with E-state index < -0.39 is 0 Å². The SMILES string of the molecule is CC(C)=C1C=Cc2ccccc2N1. The molecule has 66 valence electrons. The average Bonchev–Trinajstić information content (AvgIpc) is 2.17. The molecule has 0 fully saturated rings. The number of rotatable bonds is 0. The summed E-state index contributed by atoms with van der Waals surface area (Å²) in [4.78, 5) is 0. The molecule has 1 nitrogen and oxygen atoms in total. The van der Waals surface area contributed by atoms with Gasteiger partial charge in [0.15, 0.2) is 0 Å². The molecule has 0 spiro atoms. The summed E-state index contributed by atoms with van der Waals surface area (Å²) < 4.78 is 0. The first-order valence-corrected chi connectivity index (χ1v) is 4.49. The summed E-state index contributed by atoms with van der Waals surface area (Å²) in [7, 11) is 0. The highest BCUT2D eigenvalue weighted by Gasteiger charge is 2.05. The zero-order valence-electron chi connectivity index (χ0n) is 7.96. The number of hydrogen-bond acceptors (Lipinski definition) is 1. The Bertz CT molecular complexity index is 382. The van der Waals surface area contributed by atoms with Gasteiger partial charge >= 0.3 is 0 Å². The fraction of sp³-hybridized carbons (Fsp3) is 0.167. The van der Waals surface area contributed by atoms with E-state index in [2.05, 4.69) is 49.5 Å². The summed E-state index contributed by atoms with van der Waals surface area (Å²) in [5, 5.41) is 3.39.